The Morgan fingerprint density at radius 3 is 2.53 bits per heavy atom. The number of carbonyl (C=O) groups is 2. The highest BCUT2D eigenvalue weighted by atomic mass is 35.5. The third-order valence-electron chi connectivity index (χ3n) is 8.48. The zero-order valence-electron chi connectivity index (χ0n) is 25.3. The van der Waals surface area contributed by atoms with Crippen LogP contribution in [0.4, 0.5) is 8.78 Å². The Kier molecular flexibility index (Phi) is 7.39. The Hall–Kier alpha value is -4.69. The molecule has 2 aromatic heterocycles. The van der Waals surface area contributed by atoms with Crippen LogP contribution in [0.15, 0.2) is 36.5 Å². The first-order valence-electron chi connectivity index (χ1n) is 15.1. The molecule has 246 valence electrons. The van der Waals surface area contributed by atoms with E-state index in [1.807, 2.05) is 10.9 Å². The van der Waals surface area contributed by atoms with Crippen molar-refractivity contribution in [3.05, 3.63) is 58.4 Å². The Morgan fingerprint density at radius 1 is 1.17 bits per heavy atom. The van der Waals surface area contributed by atoms with E-state index in [1.165, 1.54) is 19.2 Å². The van der Waals surface area contributed by atoms with E-state index in [4.69, 9.17) is 26.8 Å². The lowest BCUT2D eigenvalue weighted by Crippen LogP contribution is -2.43. The maximum atomic E-state index is 13.8. The van der Waals surface area contributed by atoms with Gasteiger partial charge in [-0.1, -0.05) is 11.6 Å². The summed E-state index contributed by atoms with van der Waals surface area (Å²) in [6.45, 7) is 1.48. The van der Waals surface area contributed by atoms with Crippen molar-refractivity contribution in [2.75, 3.05) is 20.3 Å². The molecule has 0 bridgehead atoms. The molecule has 2 aromatic carbocycles. The van der Waals surface area contributed by atoms with Crippen molar-refractivity contribution < 1.29 is 42.4 Å². The van der Waals surface area contributed by atoms with E-state index in [1.54, 1.807) is 19.1 Å². The fourth-order valence-electron chi connectivity index (χ4n) is 5.82. The van der Waals surface area contributed by atoms with E-state index >= 15 is 0 Å². The molecule has 12 nitrogen and oxygen atoms in total. The number of nitrogens with two attached hydrogens (primary N) is 1. The summed E-state index contributed by atoms with van der Waals surface area (Å²) >= 11 is 6.51. The number of hydrogen-bond acceptors (Lipinski definition) is 9. The number of benzene rings is 2. The first-order chi connectivity index (χ1) is 22.4. The second-order valence-corrected chi connectivity index (χ2v) is 12.2. The molecule has 0 saturated heterocycles. The Balaban J connectivity index is 1.26. The number of aromatic nitrogens is 3. The highest BCUT2D eigenvalue weighted by molar-refractivity contribution is 6.33. The monoisotopic (exact) mass is 669 g/mol. The van der Waals surface area contributed by atoms with Gasteiger partial charge in [-0.15, -0.1) is 8.78 Å². The molecule has 0 spiro atoms. The lowest BCUT2D eigenvalue weighted by Gasteiger charge is -2.29. The van der Waals surface area contributed by atoms with Crippen LogP contribution in [0.3, 0.4) is 0 Å². The standard InChI is InChI=1S/C32H30ClF2N5O7/c1-3-45-28-20(29(36)41)11-25(38-27(28)19-10-22-23(12-21(19)33)47-32(34,35)46-22)31(43,17-4-5-17)14-37-30(42)15-8-16-13-40(18-6-7-18)39-26(16)24(9-15)44-2/h8-13,17-18,43H,3-7,14H2,1-2H3,(H2,36,41)(H,37,42)/t31-/m0/s1. The summed E-state index contributed by atoms with van der Waals surface area (Å²) in [4.78, 5) is 30.9. The van der Waals surface area contributed by atoms with Crippen LogP contribution < -0.4 is 30.0 Å². The van der Waals surface area contributed by atoms with Gasteiger partial charge in [-0.05, 0) is 62.8 Å². The molecule has 2 fully saturated rings. The van der Waals surface area contributed by atoms with Crippen molar-refractivity contribution in [2.24, 2.45) is 11.7 Å². The summed E-state index contributed by atoms with van der Waals surface area (Å²) in [6.07, 6.45) is 1.28. The SMILES string of the molecule is CCOc1c(C(N)=O)cc([C@](O)(CNC(=O)c2cc(OC)c3nn(C4CC4)cc3c2)C2CC2)nc1-c1cc2c(cc1Cl)OC(F)(F)O2. The van der Waals surface area contributed by atoms with Crippen LogP contribution in [0.2, 0.25) is 5.02 Å². The van der Waals surface area contributed by atoms with Gasteiger partial charge in [0.1, 0.15) is 22.6 Å². The second kappa shape index (κ2) is 11.2. The lowest BCUT2D eigenvalue weighted by molar-refractivity contribution is -0.286. The molecule has 1 atom stereocenters. The molecule has 4 N–H and O–H groups in total. The van der Waals surface area contributed by atoms with Crippen molar-refractivity contribution >= 4 is 34.3 Å². The van der Waals surface area contributed by atoms with Crippen molar-refractivity contribution in [3.63, 3.8) is 0 Å². The molecular formula is C32H30ClF2N5O7. The van der Waals surface area contributed by atoms with Crippen LogP contribution in [0, 0.1) is 5.92 Å². The zero-order chi connectivity index (χ0) is 33.2. The number of carbonyl (C=O) groups excluding carboxylic acids is 2. The maximum Gasteiger partial charge on any atom is 0.586 e. The van der Waals surface area contributed by atoms with E-state index in [0.717, 1.165) is 24.3 Å². The Bertz CT molecular complexity index is 1940. The van der Waals surface area contributed by atoms with Gasteiger partial charge in [-0.25, -0.2) is 4.98 Å². The average Bonchev–Trinajstić information content (AvgIpc) is 3.97. The van der Waals surface area contributed by atoms with Crippen molar-refractivity contribution in [3.8, 4) is 34.3 Å². The summed E-state index contributed by atoms with van der Waals surface area (Å²) in [5.41, 5.74) is 4.83. The normalized spacial score (nSPS) is 17.7. The number of pyridine rings is 1. The Morgan fingerprint density at radius 2 is 1.89 bits per heavy atom. The van der Waals surface area contributed by atoms with Crippen molar-refractivity contribution in [1.29, 1.82) is 0 Å². The zero-order valence-corrected chi connectivity index (χ0v) is 26.1. The van der Waals surface area contributed by atoms with E-state index in [-0.39, 0.29) is 63.9 Å². The molecule has 0 unspecified atom stereocenters. The number of fused-ring (bicyclic) bond motifs is 2. The quantitative estimate of drug-likeness (QED) is 0.201. The first-order valence-corrected chi connectivity index (χ1v) is 15.4. The number of ether oxygens (including phenoxy) is 4. The summed E-state index contributed by atoms with van der Waals surface area (Å²) < 4.78 is 50.0. The molecule has 2 saturated carbocycles. The predicted molar refractivity (Wildman–Crippen MR) is 164 cm³/mol. The van der Waals surface area contributed by atoms with Gasteiger partial charge in [0.2, 0.25) is 0 Å². The number of halogens is 3. The number of nitrogens with one attached hydrogen (secondary N) is 1. The van der Waals surface area contributed by atoms with Gasteiger partial charge in [-0.2, -0.15) is 5.10 Å². The number of aliphatic hydroxyl groups is 1. The van der Waals surface area contributed by atoms with Crippen LogP contribution in [0.1, 0.15) is 65.1 Å². The third kappa shape index (κ3) is 5.65. The minimum absolute atomic E-state index is 0.00496. The maximum absolute atomic E-state index is 13.8. The number of alkyl halides is 2. The van der Waals surface area contributed by atoms with Crippen LogP contribution >= 0.6 is 11.6 Å². The van der Waals surface area contributed by atoms with Crippen molar-refractivity contribution in [2.45, 2.75) is 50.5 Å². The van der Waals surface area contributed by atoms with Crippen LogP contribution in [0.5, 0.6) is 23.0 Å². The number of methoxy groups -OCH3 is 1. The van der Waals surface area contributed by atoms with Gasteiger partial charge in [0.15, 0.2) is 17.2 Å². The number of hydrogen-bond donors (Lipinski definition) is 3. The molecular weight excluding hydrogens is 640 g/mol. The third-order valence-corrected chi connectivity index (χ3v) is 8.80. The van der Waals surface area contributed by atoms with E-state index < -0.39 is 23.7 Å². The molecule has 2 amide bonds. The van der Waals surface area contributed by atoms with Gasteiger partial charge in [0.25, 0.3) is 11.8 Å². The molecule has 3 aliphatic rings. The summed E-state index contributed by atoms with van der Waals surface area (Å²) in [5.74, 6) is -1.94. The van der Waals surface area contributed by atoms with Gasteiger partial charge in [0, 0.05) is 28.8 Å². The number of nitrogens with zero attached hydrogens (tertiary/aromatic N) is 3. The van der Waals surface area contributed by atoms with Gasteiger partial charge >= 0.3 is 6.29 Å². The van der Waals surface area contributed by atoms with E-state index in [0.29, 0.717) is 35.7 Å². The van der Waals surface area contributed by atoms with Crippen LogP contribution in [-0.4, -0.2) is 58.2 Å². The summed E-state index contributed by atoms with van der Waals surface area (Å²) in [5, 5.41) is 20.3. The van der Waals surface area contributed by atoms with Gasteiger partial charge in [0.05, 0.1) is 42.6 Å². The second-order valence-electron chi connectivity index (χ2n) is 11.8. The highest BCUT2D eigenvalue weighted by Crippen LogP contribution is 2.50. The average molecular weight is 670 g/mol. The fourth-order valence-corrected chi connectivity index (χ4v) is 6.06. The van der Waals surface area contributed by atoms with Crippen LogP contribution in [0.25, 0.3) is 22.2 Å². The molecule has 15 heteroatoms. The molecule has 1 aliphatic heterocycles. The largest absolute Gasteiger partial charge is 0.586 e. The molecule has 2 aliphatic carbocycles. The van der Waals surface area contributed by atoms with E-state index in [2.05, 4.69) is 24.9 Å². The molecule has 7 rings (SSSR count). The minimum atomic E-state index is -3.91. The molecule has 3 heterocycles. The summed E-state index contributed by atoms with van der Waals surface area (Å²) in [7, 11) is 1.50. The number of amides is 2. The lowest BCUT2D eigenvalue weighted by atomic mass is 9.90. The van der Waals surface area contributed by atoms with Gasteiger partial charge < -0.3 is 35.1 Å². The molecule has 4 aromatic rings. The smallest absolute Gasteiger partial charge is 0.494 e. The number of rotatable bonds is 11. The Labute approximate surface area is 271 Å². The van der Waals surface area contributed by atoms with Crippen LogP contribution in [-0.2, 0) is 5.60 Å². The predicted octanol–water partition coefficient (Wildman–Crippen LogP) is 4.94. The van der Waals surface area contributed by atoms with Gasteiger partial charge in [-0.3, -0.25) is 14.3 Å². The topological polar surface area (TPSA) is 160 Å². The minimum Gasteiger partial charge on any atom is -0.494 e. The fraction of sp³-hybridized carbons (Fsp3) is 0.375. The highest BCUT2D eigenvalue weighted by Gasteiger charge is 2.48. The molecule has 47 heavy (non-hydrogen) atoms. The summed E-state index contributed by atoms with van der Waals surface area (Å²) in [6, 6.07) is 7.26. The first kappa shape index (κ1) is 30.9. The number of primary amides is 1. The molecule has 0 radical (unpaired) electrons. The van der Waals surface area contributed by atoms with E-state index in [9.17, 15) is 23.5 Å². The van der Waals surface area contributed by atoms with Crippen molar-refractivity contribution in [1.82, 2.24) is 20.1 Å².